The van der Waals surface area contributed by atoms with Crippen molar-refractivity contribution in [3.8, 4) is 0 Å². The summed E-state index contributed by atoms with van der Waals surface area (Å²) < 4.78 is 6.65. The van der Waals surface area contributed by atoms with Crippen LogP contribution in [0.15, 0.2) is 21.2 Å². The van der Waals surface area contributed by atoms with Crippen molar-refractivity contribution in [3.05, 3.63) is 22.6 Å². The van der Waals surface area contributed by atoms with E-state index in [9.17, 15) is 0 Å². The predicted octanol–water partition coefficient (Wildman–Crippen LogP) is 3.01. The fourth-order valence-electron chi connectivity index (χ4n) is 2.73. The largest absolute Gasteiger partial charge is 0.467 e. The van der Waals surface area contributed by atoms with Crippen LogP contribution in [0.4, 0.5) is 0 Å². The number of furan rings is 1. The zero-order valence-corrected chi connectivity index (χ0v) is 12.3. The summed E-state index contributed by atoms with van der Waals surface area (Å²) in [6, 6.07) is 2.66. The lowest BCUT2D eigenvalue weighted by Gasteiger charge is -2.24. The molecule has 3 nitrogen and oxygen atoms in total. The number of nitrogens with zero attached hydrogens (tertiary/aromatic N) is 1. The quantitative estimate of drug-likeness (QED) is 0.875. The molecule has 3 rings (SSSR count). The maximum Gasteiger partial charge on any atom is 0.131 e. The minimum Gasteiger partial charge on any atom is -0.467 e. The number of nitrogens with one attached hydrogen (secondary N) is 1. The Morgan fingerprint density at radius 1 is 1.33 bits per heavy atom. The first-order valence-corrected chi connectivity index (χ1v) is 7.78. The van der Waals surface area contributed by atoms with Crippen LogP contribution in [-0.2, 0) is 6.54 Å². The van der Waals surface area contributed by atoms with Crippen LogP contribution in [-0.4, -0.2) is 30.6 Å². The van der Waals surface area contributed by atoms with Crippen molar-refractivity contribution in [2.45, 2.75) is 38.3 Å². The van der Waals surface area contributed by atoms with Crippen LogP contribution >= 0.6 is 15.9 Å². The van der Waals surface area contributed by atoms with Crippen molar-refractivity contribution in [2.75, 3.05) is 19.6 Å². The molecule has 1 aromatic heterocycles. The third kappa shape index (κ3) is 3.37. The second-order valence-electron chi connectivity index (χ2n) is 5.62. The normalized spacial score (nSPS) is 24.0. The fraction of sp³-hybridized carbons (Fsp3) is 0.714. The van der Waals surface area contributed by atoms with Gasteiger partial charge in [-0.05, 0) is 60.1 Å². The van der Waals surface area contributed by atoms with Crippen LogP contribution in [0.25, 0.3) is 0 Å². The van der Waals surface area contributed by atoms with Crippen molar-refractivity contribution >= 4 is 15.9 Å². The monoisotopic (exact) mass is 312 g/mol. The Kier molecular flexibility index (Phi) is 4.07. The van der Waals surface area contributed by atoms with Crippen molar-refractivity contribution in [1.82, 2.24) is 10.2 Å². The maximum atomic E-state index is 5.55. The molecule has 1 saturated heterocycles. The lowest BCUT2D eigenvalue weighted by molar-refractivity contribution is 0.214. The Hall–Kier alpha value is -0.320. The lowest BCUT2D eigenvalue weighted by Crippen LogP contribution is -2.38. The molecule has 1 aliphatic heterocycles. The molecule has 1 unspecified atom stereocenters. The Balaban J connectivity index is 1.59. The molecule has 1 aromatic rings. The van der Waals surface area contributed by atoms with E-state index in [4.69, 9.17) is 4.42 Å². The molecule has 1 N–H and O–H groups in total. The van der Waals surface area contributed by atoms with Gasteiger partial charge < -0.3 is 9.73 Å². The van der Waals surface area contributed by atoms with E-state index in [1.807, 2.05) is 6.07 Å². The van der Waals surface area contributed by atoms with E-state index in [1.54, 1.807) is 6.26 Å². The number of hydrogen-bond acceptors (Lipinski definition) is 3. The van der Waals surface area contributed by atoms with Gasteiger partial charge in [0.15, 0.2) is 0 Å². The van der Waals surface area contributed by atoms with Gasteiger partial charge in [0.05, 0.1) is 17.3 Å². The van der Waals surface area contributed by atoms with Gasteiger partial charge in [0.2, 0.25) is 0 Å². The van der Waals surface area contributed by atoms with Crippen LogP contribution in [0.5, 0.6) is 0 Å². The van der Waals surface area contributed by atoms with Crippen LogP contribution in [0, 0.1) is 5.92 Å². The highest BCUT2D eigenvalue weighted by molar-refractivity contribution is 9.10. The average Bonchev–Trinajstić information content (AvgIpc) is 2.84. The molecule has 100 valence electrons. The summed E-state index contributed by atoms with van der Waals surface area (Å²) in [5.41, 5.74) is 0. The van der Waals surface area contributed by atoms with Crippen LogP contribution in [0.3, 0.4) is 0 Å². The van der Waals surface area contributed by atoms with Crippen LogP contribution in [0.2, 0.25) is 0 Å². The third-order valence-corrected chi connectivity index (χ3v) is 4.62. The number of rotatable bonds is 6. The molecule has 0 spiro atoms. The van der Waals surface area contributed by atoms with Gasteiger partial charge >= 0.3 is 0 Å². The zero-order chi connectivity index (χ0) is 12.4. The van der Waals surface area contributed by atoms with Crippen molar-refractivity contribution < 1.29 is 4.42 Å². The Labute approximate surface area is 117 Å². The Morgan fingerprint density at radius 3 is 2.83 bits per heavy atom. The summed E-state index contributed by atoms with van der Waals surface area (Å²) in [7, 11) is 0. The molecule has 2 aliphatic rings. The highest BCUT2D eigenvalue weighted by Crippen LogP contribution is 2.31. The van der Waals surface area contributed by atoms with Crippen LogP contribution < -0.4 is 5.32 Å². The van der Waals surface area contributed by atoms with E-state index < -0.39 is 0 Å². The molecule has 0 aromatic carbocycles. The minimum absolute atomic E-state index is 0.678. The van der Waals surface area contributed by atoms with Gasteiger partial charge in [0, 0.05) is 19.1 Å². The first-order chi connectivity index (χ1) is 8.81. The van der Waals surface area contributed by atoms with Crippen molar-refractivity contribution in [2.24, 2.45) is 5.92 Å². The summed E-state index contributed by atoms with van der Waals surface area (Å²) in [6.07, 6.45) is 7.23. The summed E-state index contributed by atoms with van der Waals surface area (Å²) in [4.78, 5) is 2.56. The average molecular weight is 313 g/mol. The molecule has 0 bridgehead atoms. The molecule has 1 aliphatic carbocycles. The molecule has 0 radical (unpaired) electrons. The number of halogens is 1. The topological polar surface area (TPSA) is 28.4 Å². The smallest absolute Gasteiger partial charge is 0.131 e. The Morgan fingerprint density at radius 2 is 2.22 bits per heavy atom. The van der Waals surface area contributed by atoms with Crippen LogP contribution in [0.1, 0.15) is 31.4 Å². The van der Waals surface area contributed by atoms with Gasteiger partial charge in [-0.15, -0.1) is 0 Å². The SMILES string of the molecule is Brc1ccoc1CN(CC1CC1)CC1CCCN1. The summed E-state index contributed by atoms with van der Waals surface area (Å²) in [5.74, 6) is 1.99. The van der Waals surface area contributed by atoms with Gasteiger partial charge in [-0.2, -0.15) is 0 Å². The molecule has 2 heterocycles. The van der Waals surface area contributed by atoms with Gasteiger partial charge in [-0.3, -0.25) is 4.90 Å². The molecule has 18 heavy (non-hydrogen) atoms. The van der Waals surface area contributed by atoms with Gasteiger partial charge in [0.1, 0.15) is 5.76 Å². The first-order valence-electron chi connectivity index (χ1n) is 6.99. The van der Waals surface area contributed by atoms with E-state index in [0.717, 1.165) is 29.2 Å². The maximum absolute atomic E-state index is 5.55. The Bertz CT molecular complexity index is 383. The van der Waals surface area contributed by atoms with E-state index in [-0.39, 0.29) is 0 Å². The van der Waals surface area contributed by atoms with Crippen molar-refractivity contribution in [3.63, 3.8) is 0 Å². The second kappa shape index (κ2) is 5.76. The third-order valence-electron chi connectivity index (χ3n) is 3.91. The first kappa shape index (κ1) is 12.7. The minimum atomic E-state index is 0.678. The molecule has 2 fully saturated rings. The highest BCUT2D eigenvalue weighted by Gasteiger charge is 2.27. The summed E-state index contributed by atoms with van der Waals surface area (Å²) >= 11 is 3.55. The predicted molar refractivity (Wildman–Crippen MR) is 75.4 cm³/mol. The van der Waals surface area contributed by atoms with Crippen molar-refractivity contribution in [1.29, 1.82) is 0 Å². The molecule has 1 saturated carbocycles. The summed E-state index contributed by atoms with van der Waals surface area (Å²) in [5, 5.41) is 3.59. The molecular weight excluding hydrogens is 292 g/mol. The molecule has 1 atom stereocenters. The molecule has 4 heteroatoms. The fourth-order valence-corrected chi connectivity index (χ4v) is 3.06. The standard InChI is InChI=1S/C14H21BrN2O/c15-13-5-7-18-14(13)10-17(8-11-3-4-11)9-12-2-1-6-16-12/h5,7,11-12,16H,1-4,6,8-10H2. The van der Waals surface area contributed by atoms with Gasteiger partial charge in [0.25, 0.3) is 0 Å². The summed E-state index contributed by atoms with van der Waals surface area (Å²) in [6.45, 7) is 4.50. The van der Waals surface area contributed by atoms with E-state index >= 15 is 0 Å². The zero-order valence-electron chi connectivity index (χ0n) is 10.7. The number of hydrogen-bond donors (Lipinski definition) is 1. The van der Waals surface area contributed by atoms with Gasteiger partial charge in [-0.25, -0.2) is 0 Å². The highest BCUT2D eigenvalue weighted by atomic mass is 79.9. The lowest BCUT2D eigenvalue weighted by atomic mass is 10.2. The van der Waals surface area contributed by atoms with E-state index in [0.29, 0.717) is 6.04 Å². The van der Waals surface area contributed by atoms with E-state index in [2.05, 4.69) is 26.1 Å². The second-order valence-corrected chi connectivity index (χ2v) is 6.48. The molecule has 0 amide bonds. The van der Waals surface area contributed by atoms with Gasteiger partial charge in [-0.1, -0.05) is 0 Å². The molecular formula is C14H21BrN2O. The van der Waals surface area contributed by atoms with E-state index in [1.165, 1.54) is 38.8 Å².